The lowest BCUT2D eigenvalue weighted by Gasteiger charge is -2.25. The molecule has 0 aromatic heterocycles. The maximum absolute atomic E-state index is 12.5. The van der Waals surface area contributed by atoms with Gasteiger partial charge in [0.1, 0.15) is 24.9 Å². The molecule has 4 atom stereocenters. The molecule has 7 nitrogen and oxygen atoms in total. The molecule has 0 unspecified atom stereocenters. The van der Waals surface area contributed by atoms with E-state index in [2.05, 4.69) is 6.58 Å². The Hall–Kier alpha value is -2.22. The third kappa shape index (κ3) is 7.23. The van der Waals surface area contributed by atoms with E-state index in [4.69, 9.17) is 18.9 Å². The average molecular weight is 421 g/mol. The minimum absolute atomic E-state index is 0.261. The first-order chi connectivity index (χ1) is 14.2. The van der Waals surface area contributed by atoms with Gasteiger partial charge in [0.05, 0.1) is 17.6 Å². The summed E-state index contributed by atoms with van der Waals surface area (Å²) in [5.41, 5.74) is -0.285. The van der Waals surface area contributed by atoms with Crippen LogP contribution in [0.3, 0.4) is 0 Å². The van der Waals surface area contributed by atoms with Gasteiger partial charge in [-0.15, -0.1) is 6.58 Å². The van der Waals surface area contributed by atoms with Gasteiger partial charge in [-0.05, 0) is 45.7 Å². The molecule has 0 spiro atoms. The summed E-state index contributed by atoms with van der Waals surface area (Å²) in [6, 6.07) is 8.59. The SMILES string of the molecule is C=CCCCO[C@@H]1C[C@@H](OC(=O)c2ccccc2)[C@H]([C@H](O)COC(=O)C(C)(C)C)O1. The van der Waals surface area contributed by atoms with E-state index in [-0.39, 0.29) is 13.0 Å². The van der Waals surface area contributed by atoms with Crippen LogP contribution in [-0.2, 0) is 23.7 Å². The molecule has 1 aromatic rings. The molecule has 0 bridgehead atoms. The second-order valence-corrected chi connectivity index (χ2v) is 8.29. The van der Waals surface area contributed by atoms with Crippen molar-refractivity contribution >= 4 is 11.9 Å². The molecular formula is C23H32O7. The Morgan fingerprint density at radius 1 is 1.30 bits per heavy atom. The number of rotatable bonds is 10. The van der Waals surface area contributed by atoms with E-state index in [9.17, 15) is 14.7 Å². The summed E-state index contributed by atoms with van der Waals surface area (Å²) in [6.07, 6.45) is 0.303. The smallest absolute Gasteiger partial charge is 0.338 e. The summed E-state index contributed by atoms with van der Waals surface area (Å²) in [7, 11) is 0. The van der Waals surface area contributed by atoms with E-state index < -0.39 is 42.0 Å². The van der Waals surface area contributed by atoms with Crippen LogP contribution < -0.4 is 0 Å². The molecule has 7 heteroatoms. The normalized spacial score (nSPS) is 22.3. The predicted molar refractivity (Wildman–Crippen MR) is 111 cm³/mol. The number of carbonyl (C=O) groups is 2. The van der Waals surface area contributed by atoms with Crippen LogP contribution in [0.2, 0.25) is 0 Å². The fourth-order valence-corrected chi connectivity index (χ4v) is 2.90. The zero-order chi connectivity index (χ0) is 22.1. The molecule has 30 heavy (non-hydrogen) atoms. The molecule has 1 saturated heterocycles. The van der Waals surface area contributed by atoms with Crippen LogP contribution in [0, 0.1) is 5.41 Å². The molecule has 166 valence electrons. The number of unbranched alkanes of at least 4 members (excludes halogenated alkanes) is 1. The highest BCUT2D eigenvalue weighted by molar-refractivity contribution is 5.89. The van der Waals surface area contributed by atoms with E-state index in [0.717, 1.165) is 12.8 Å². The quantitative estimate of drug-likeness (QED) is 0.353. The fourth-order valence-electron chi connectivity index (χ4n) is 2.90. The van der Waals surface area contributed by atoms with Crippen molar-refractivity contribution in [3.8, 4) is 0 Å². The molecule has 2 rings (SSSR count). The van der Waals surface area contributed by atoms with Crippen LogP contribution >= 0.6 is 0 Å². The highest BCUT2D eigenvalue weighted by Crippen LogP contribution is 2.28. The van der Waals surface area contributed by atoms with Gasteiger partial charge >= 0.3 is 11.9 Å². The van der Waals surface area contributed by atoms with Crippen LogP contribution in [0.5, 0.6) is 0 Å². The molecule has 1 fully saturated rings. The van der Waals surface area contributed by atoms with Crippen LogP contribution in [-0.4, -0.2) is 54.9 Å². The lowest BCUT2D eigenvalue weighted by Crippen LogP contribution is -2.41. The Balaban J connectivity index is 2.00. The number of hydrogen-bond acceptors (Lipinski definition) is 7. The zero-order valence-electron chi connectivity index (χ0n) is 17.9. The molecule has 1 aromatic carbocycles. The molecule has 0 radical (unpaired) electrons. The minimum atomic E-state index is -1.16. The summed E-state index contributed by atoms with van der Waals surface area (Å²) < 4.78 is 22.3. The largest absolute Gasteiger partial charge is 0.462 e. The fraction of sp³-hybridized carbons (Fsp3) is 0.565. The number of ether oxygens (including phenoxy) is 4. The van der Waals surface area contributed by atoms with Gasteiger partial charge in [-0.25, -0.2) is 4.79 Å². The highest BCUT2D eigenvalue weighted by atomic mass is 16.7. The van der Waals surface area contributed by atoms with Gasteiger partial charge in [-0.1, -0.05) is 24.3 Å². The second-order valence-electron chi connectivity index (χ2n) is 8.29. The van der Waals surface area contributed by atoms with Gasteiger partial charge in [-0.3, -0.25) is 4.79 Å². The Morgan fingerprint density at radius 3 is 2.63 bits per heavy atom. The van der Waals surface area contributed by atoms with Crippen molar-refractivity contribution < 1.29 is 33.6 Å². The third-order valence-corrected chi connectivity index (χ3v) is 4.60. The monoisotopic (exact) mass is 420 g/mol. The number of aliphatic hydroxyl groups is 1. The first kappa shape index (κ1) is 24.1. The Labute approximate surface area is 178 Å². The van der Waals surface area contributed by atoms with E-state index in [1.165, 1.54) is 0 Å². The first-order valence-corrected chi connectivity index (χ1v) is 10.2. The topological polar surface area (TPSA) is 91.3 Å². The predicted octanol–water partition coefficient (Wildman–Crippen LogP) is 3.26. The minimum Gasteiger partial charge on any atom is -0.462 e. The molecule has 0 aliphatic carbocycles. The second kappa shape index (κ2) is 11.2. The summed E-state index contributed by atoms with van der Waals surface area (Å²) in [6.45, 7) is 9.05. The van der Waals surface area contributed by atoms with Crippen molar-refractivity contribution in [1.29, 1.82) is 0 Å². The molecule has 0 saturated carbocycles. The third-order valence-electron chi connectivity index (χ3n) is 4.60. The summed E-state index contributed by atoms with van der Waals surface area (Å²) >= 11 is 0. The van der Waals surface area contributed by atoms with Crippen LogP contribution in [0.1, 0.15) is 50.4 Å². The van der Waals surface area contributed by atoms with E-state index >= 15 is 0 Å². The number of benzene rings is 1. The van der Waals surface area contributed by atoms with Gasteiger partial charge < -0.3 is 24.1 Å². The van der Waals surface area contributed by atoms with Gasteiger partial charge in [-0.2, -0.15) is 0 Å². The van der Waals surface area contributed by atoms with Crippen molar-refractivity contribution in [3.05, 3.63) is 48.6 Å². The van der Waals surface area contributed by atoms with Crippen LogP contribution in [0.4, 0.5) is 0 Å². The Bertz CT molecular complexity index is 695. The standard InChI is InChI=1S/C23H32O7/c1-5-6-10-13-27-19-14-18(29-21(25)16-11-8-7-9-12-16)20(30-19)17(24)15-28-22(26)23(2,3)4/h5,7-9,11-12,17-20,24H,1,6,10,13-15H2,2-4H3/t17-,18-,19+,20+/m1/s1. The Kier molecular flexibility index (Phi) is 9.02. The van der Waals surface area contributed by atoms with Gasteiger partial charge in [0.15, 0.2) is 6.29 Å². The zero-order valence-corrected chi connectivity index (χ0v) is 17.9. The van der Waals surface area contributed by atoms with Crippen molar-refractivity contribution in [1.82, 2.24) is 0 Å². The van der Waals surface area contributed by atoms with Crippen LogP contribution in [0.25, 0.3) is 0 Å². The summed E-state index contributed by atoms with van der Waals surface area (Å²) in [5, 5.41) is 10.6. The maximum atomic E-state index is 12.5. The summed E-state index contributed by atoms with van der Waals surface area (Å²) in [4.78, 5) is 24.5. The van der Waals surface area contributed by atoms with E-state index in [0.29, 0.717) is 12.2 Å². The number of hydrogen-bond donors (Lipinski definition) is 1. The van der Waals surface area contributed by atoms with Crippen molar-refractivity contribution in [2.75, 3.05) is 13.2 Å². The van der Waals surface area contributed by atoms with Crippen molar-refractivity contribution in [3.63, 3.8) is 0 Å². The first-order valence-electron chi connectivity index (χ1n) is 10.2. The number of carbonyl (C=O) groups excluding carboxylic acids is 2. The van der Waals surface area contributed by atoms with Gasteiger partial charge in [0.2, 0.25) is 0 Å². The van der Waals surface area contributed by atoms with Crippen LogP contribution in [0.15, 0.2) is 43.0 Å². The lowest BCUT2D eigenvalue weighted by molar-refractivity contribution is -0.175. The highest BCUT2D eigenvalue weighted by Gasteiger charge is 2.43. The summed E-state index contributed by atoms with van der Waals surface area (Å²) in [5.74, 6) is -0.949. The molecule has 1 aliphatic rings. The van der Waals surface area contributed by atoms with Gasteiger partial charge in [0.25, 0.3) is 0 Å². The number of allylic oxidation sites excluding steroid dienone is 1. The maximum Gasteiger partial charge on any atom is 0.338 e. The van der Waals surface area contributed by atoms with Crippen molar-refractivity contribution in [2.24, 2.45) is 5.41 Å². The van der Waals surface area contributed by atoms with E-state index in [1.54, 1.807) is 57.2 Å². The lowest BCUT2D eigenvalue weighted by atomic mass is 9.97. The van der Waals surface area contributed by atoms with E-state index in [1.807, 2.05) is 0 Å². The van der Waals surface area contributed by atoms with Crippen molar-refractivity contribution in [2.45, 2.75) is 64.6 Å². The molecule has 1 heterocycles. The number of esters is 2. The Morgan fingerprint density at radius 2 is 2.00 bits per heavy atom. The molecule has 1 N–H and O–H groups in total. The number of aliphatic hydroxyl groups excluding tert-OH is 1. The average Bonchev–Trinajstić information content (AvgIpc) is 3.11. The molecule has 1 aliphatic heterocycles. The van der Waals surface area contributed by atoms with Gasteiger partial charge in [0, 0.05) is 6.42 Å². The molecule has 0 amide bonds. The molecular weight excluding hydrogens is 388 g/mol.